The molecular formula is C35H47N3O4. The minimum Gasteiger partial charge on any atom is -0.444 e. The van der Waals surface area contributed by atoms with Crippen molar-refractivity contribution in [3.63, 3.8) is 0 Å². The summed E-state index contributed by atoms with van der Waals surface area (Å²) in [6.45, 7) is 13.5. The average Bonchev–Trinajstić information content (AvgIpc) is 2.90. The molecule has 0 heterocycles. The van der Waals surface area contributed by atoms with Crippen molar-refractivity contribution in [2.75, 3.05) is 11.9 Å². The number of hydrogen-bond donors (Lipinski definition) is 2. The standard InChI is InChI=1S/C35H47N3O4/c1-8-9-10-11-14-19-38(33(40)26(4)36-34(41)42-35(5,6)7)31(29-21-24(2)20-25(3)22-29)32(39)37-30-18-17-27-15-12-13-16-28(27)23-30/h12-13,15-18,20-23,26,31H,8-11,14,19H2,1-7H3,(H,36,41)(H,37,39). The van der Waals surface area contributed by atoms with Crippen LogP contribution in [0.4, 0.5) is 10.5 Å². The van der Waals surface area contributed by atoms with Crippen molar-refractivity contribution >= 4 is 34.4 Å². The number of nitrogens with zero attached hydrogens (tertiary/aromatic N) is 1. The number of amides is 3. The summed E-state index contributed by atoms with van der Waals surface area (Å²) < 4.78 is 5.40. The molecule has 0 spiro atoms. The molecule has 0 aliphatic carbocycles. The Morgan fingerprint density at radius 1 is 0.857 bits per heavy atom. The summed E-state index contributed by atoms with van der Waals surface area (Å²) in [5.41, 5.74) is 2.70. The van der Waals surface area contributed by atoms with Crippen molar-refractivity contribution in [2.45, 2.75) is 98.3 Å². The predicted octanol–water partition coefficient (Wildman–Crippen LogP) is 7.85. The molecule has 0 aliphatic heterocycles. The zero-order chi connectivity index (χ0) is 30.9. The minimum atomic E-state index is -0.892. The van der Waals surface area contributed by atoms with Gasteiger partial charge in [0.1, 0.15) is 17.7 Å². The molecule has 3 amide bonds. The number of rotatable bonds is 12. The number of benzene rings is 3. The Hall–Kier alpha value is -3.87. The number of anilines is 1. The number of carbonyl (C=O) groups is 3. The van der Waals surface area contributed by atoms with Crippen LogP contribution in [0.1, 0.15) is 89.5 Å². The summed E-state index contributed by atoms with van der Waals surface area (Å²) in [5.74, 6) is -0.643. The van der Waals surface area contributed by atoms with Gasteiger partial charge in [-0.2, -0.15) is 0 Å². The maximum absolute atomic E-state index is 14.2. The number of carbonyl (C=O) groups excluding carboxylic acids is 3. The molecule has 7 nitrogen and oxygen atoms in total. The molecule has 0 fully saturated rings. The molecular weight excluding hydrogens is 526 g/mol. The van der Waals surface area contributed by atoms with E-state index in [0.717, 1.165) is 59.6 Å². The molecule has 2 N–H and O–H groups in total. The second kappa shape index (κ2) is 14.9. The summed E-state index contributed by atoms with van der Waals surface area (Å²) in [7, 11) is 0. The number of unbranched alkanes of at least 4 members (excludes halogenated alkanes) is 4. The monoisotopic (exact) mass is 573 g/mol. The molecule has 0 bridgehead atoms. The first-order chi connectivity index (χ1) is 19.9. The minimum absolute atomic E-state index is 0.304. The van der Waals surface area contributed by atoms with Crippen LogP contribution < -0.4 is 10.6 Å². The lowest BCUT2D eigenvalue weighted by Gasteiger charge is -2.34. The zero-order valence-electron chi connectivity index (χ0n) is 26.3. The lowest BCUT2D eigenvalue weighted by atomic mass is 9.98. The molecule has 3 aromatic carbocycles. The van der Waals surface area contributed by atoms with E-state index in [2.05, 4.69) is 17.6 Å². The molecule has 226 valence electrons. The van der Waals surface area contributed by atoms with Gasteiger partial charge in [-0.3, -0.25) is 9.59 Å². The van der Waals surface area contributed by atoms with Crippen LogP contribution >= 0.6 is 0 Å². The highest BCUT2D eigenvalue weighted by Gasteiger charge is 2.35. The largest absolute Gasteiger partial charge is 0.444 e. The third-order valence-corrected chi connectivity index (χ3v) is 7.03. The Kier molecular flexibility index (Phi) is 11.5. The zero-order valence-corrected chi connectivity index (χ0v) is 26.3. The molecule has 7 heteroatoms. The molecule has 0 radical (unpaired) electrons. The molecule has 3 rings (SSSR count). The Bertz CT molecular complexity index is 1360. The molecule has 2 unspecified atom stereocenters. The molecule has 0 aliphatic rings. The summed E-state index contributed by atoms with van der Waals surface area (Å²) in [5, 5.41) is 7.85. The molecule has 2 atom stereocenters. The fraction of sp³-hybridized carbons (Fsp3) is 0.457. The summed E-state index contributed by atoms with van der Waals surface area (Å²) in [6.07, 6.45) is 4.30. The normalized spacial score (nSPS) is 12.8. The first-order valence-corrected chi connectivity index (χ1v) is 15.1. The van der Waals surface area contributed by atoms with Crippen molar-refractivity contribution in [2.24, 2.45) is 0 Å². The third kappa shape index (κ3) is 9.61. The van der Waals surface area contributed by atoms with Gasteiger partial charge in [-0.25, -0.2) is 4.79 Å². The summed E-state index contributed by atoms with van der Waals surface area (Å²) in [4.78, 5) is 42.4. The van der Waals surface area contributed by atoms with E-state index in [9.17, 15) is 14.4 Å². The number of aryl methyl sites for hydroxylation is 2. The van der Waals surface area contributed by atoms with Gasteiger partial charge in [0.25, 0.3) is 5.91 Å². The first-order valence-electron chi connectivity index (χ1n) is 15.1. The Morgan fingerprint density at radius 3 is 2.14 bits per heavy atom. The molecule has 0 saturated carbocycles. The highest BCUT2D eigenvalue weighted by atomic mass is 16.6. The van der Waals surface area contributed by atoms with E-state index in [4.69, 9.17) is 4.74 Å². The Balaban J connectivity index is 1.98. The molecule has 42 heavy (non-hydrogen) atoms. The fourth-order valence-electron chi connectivity index (χ4n) is 5.17. The van der Waals surface area contributed by atoms with Gasteiger partial charge in [0.05, 0.1) is 0 Å². The van der Waals surface area contributed by atoms with E-state index >= 15 is 0 Å². The molecule has 3 aromatic rings. The van der Waals surface area contributed by atoms with Gasteiger partial charge in [-0.05, 0) is 76.4 Å². The lowest BCUT2D eigenvalue weighted by molar-refractivity contribution is -0.140. The van der Waals surface area contributed by atoms with Gasteiger partial charge in [-0.15, -0.1) is 0 Å². The second-order valence-electron chi connectivity index (χ2n) is 12.2. The number of hydrogen-bond acceptors (Lipinski definition) is 4. The number of alkyl carbamates (subject to hydrolysis) is 1. The SMILES string of the molecule is CCCCCCCN(C(=O)C(C)NC(=O)OC(C)(C)C)C(C(=O)Nc1ccc2ccccc2c1)c1cc(C)cc(C)c1. The van der Waals surface area contributed by atoms with Crippen LogP contribution in [0.15, 0.2) is 60.7 Å². The van der Waals surface area contributed by atoms with Crippen LogP contribution in [0.25, 0.3) is 10.8 Å². The van der Waals surface area contributed by atoms with Gasteiger partial charge in [0, 0.05) is 12.2 Å². The van der Waals surface area contributed by atoms with Gasteiger partial charge >= 0.3 is 6.09 Å². The number of ether oxygens (including phenoxy) is 1. The Labute approximate surface area is 251 Å². The van der Waals surface area contributed by atoms with Crippen LogP contribution in [0.3, 0.4) is 0 Å². The second-order valence-corrected chi connectivity index (χ2v) is 12.2. The van der Waals surface area contributed by atoms with Crippen LogP contribution in [-0.4, -0.2) is 41.0 Å². The van der Waals surface area contributed by atoms with E-state index in [0.29, 0.717) is 12.2 Å². The topological polar surface area (TPSA) is 87.7 Å². The van der Waals surface area contributed by atoms with E-state index < -0.39 is 23.8 Å². The average molecular weight is 574 g/mol. The van der Waals surface area contributed by atoms with E-state index in [1.54, 1.807) is 32.6 Å². The summed E-state index contributed by atoms with van der Waals surface area (Å²) in [6, 6.07) is 17.9. The first kappa shape index (κ1) is 32.6. The van der Waals surface area contributed by atoms with Gasteiger partial charge in [0.15, 0.2) is 0 Å². The van der Waals surface area contributed by atoms with Crippen molar-refractivity contribution in [3.8, 4) is 0 Å². The van der Waals surface area contributed by atoms with Crippen LogP contribution in [0, 0.1) is 13.8 Å². The van der Waals surface area contributed by atoms with E-state index in [1.807, 2.05) is 74.5 Å². The smallest absolute Gasteiger partial charge is 0.408 e. The fourth-order valence-corrected chi connectivity index (χ4v) is 5.17. The summed E-state index contributed by atoms with van der Waals surface area (Å²) >= 11 is 0. The predicted molar refractivity (Wildman–Crippen MR) is 171 cm³/mol. The van der Waals surface area contributed by atoms with Crippen molar-refractivity contribution in [1.82, 2.24) is 10.2 Å². The lowest BCUT2D eigenvalue weighted by Crippen LogP contribution is -2.51. The highest BCUT2D eigenvalue weighted by Crippen LogP contribution is 2.28. The quantitative estimate of drug-likeness (QED) is 0.216. The number of fused-ring (bicyclic) bond motifs is 1. The number of nitrogens with one attached hydrogen (secondary N) is 2. The molecule has 0 aromatic heterocycles. The van der Waals surface area contributed by atoms with Crippen LogP contribution in [-0.2, 0) is 14.3 Å². The maximum atomic E-state index is 14.2. The van der Waals surface area contributed by atoms with Crippen molar-refractivity contribution in [1.29, 1.82) is 0 Å². The van der Waals surface area contributed by atoms with Gasteiger partial charge in [-0.1, -0.05) is 92.3 Å². The van der Waals surface area contributed by atoms with Crippen LogP contribution in [0.5, 0.6) is 0 Å². The third-order valence-electron chi connectivity index (χ3n) is 7.03. The Morgan fingerprint density at radius 2 is 1.50 bits per heavy atom. The van der Waals surface area contributed by atoms with Crippen molar-refractivity contribution < 1.29 is 19.1 Å². The van der Waals surface area contributed by atoms with Crippen LogP contribution in [0.2, 0.25) is 0 Å². The van der Waals surface area contributed by atoms with Gasteiger partial charge < -0.3 is 20.3 Å². The molecule has 0 saturated heterocycles. The van der Waals surface area contributed by atoms with E-state index in [1.165, 1.54) is 0 Å². The van der Waals surface area contributed by atoms with E-state index in [-0.39, 0.29) is 11.8 Å². The maximum Gasteiger partial charge on any atom is 0.408 e. The van der Waals surface area contributed by atoms with Crippen molar-refractivity contribution in [3.05, 3.63) is 77.4 Å². The highest BCUT2D eigenvalue weighted by molar-refractivity contribution is 6.00. The van der Waals surface area contributed by atoms with Gasteiger partial charge in [0.2, 0.25) is 5.91 Å².